The van der Waals surface area contributed by atoms with Crippen molar-refractivity contribution in [2.24, 2.45) is 0 Å². The first-order chi connectivity index (χ1) is 21.4. The lowest BCUT2D eigenvalue weighted by molar-refractivity contribution is -0.134. The molecule has 45 heavy (non-hydrogen) atoms. The Morgan fingerprint density at radius 2 is 1.62 bits per heavy atom. The molecular formula is C31H29BrN4O7S2. The van der Waals surface area contributed by atoms with Crippen molar-refractivity contribution in [3.63, 3.8) is 0 Å². The number of rotatable bonds is 12. The number of sulfone groups is 1. The van der Waals surface area contributed by atoms with E-state index in [0.29, 0.717) is 40.8 Å². The Balaban J connectivity index is 1.36. The molecule has 4 aromatic rings. The monoisotopic (exact) mass is 712 g/mol. The second kappa shape index (κ2) is 15.1. The summed E-state index contributed by atoms with van der Waals surface area (Å²) in [7, 11) is -3.33. The van der Waals surface area contributed by atoms with Crippen molar-refractivity contribution in [3.8, 4) is 28.6 Å². The lowest BCUT2D eigenvalue weighted by Crippen LogP contribution is -2.22. The summed E-state index contributed by atoms with van der Waals surface area (Å²) in [5, 5.41) is 8.03. The Hall–Kier alpha value is -4.27. The molecule has 0 unspecified atom stereocenters. The van der Waals surface area contributed by atoms with Crippen LogP contribution in [-0.2, 0) is 24.2 Å². The maximum absolute atomic E-state index is 12.4. The van der Waals surface area contributed by atoms with Crippen LogP contribution < -0.4 is 14.8 Å². The van der Waals surface area contributed by atoms with Crippen molar-refractivity contribution in [2.45, 2.75) is 30.3 Å². The van der Waals surface area contributed by atoms with E-state index in [9.17, 15) is 22.8 Å². The molecule has 11 nitrogen and oxygen atoms in total. The number of aromatic nitrogens is 3. The lowest BCUT2D eigenvalue weighted by Gasteiger charge is -2.09. The zero-order valence-corrected chi connectivity index (χ0v) is 27.7. The molecule has 0 bridgehead atoms. The number of thioether (sulfide) groups is 1. The third-order valence-electron chi connectivity index (χ3n) is 5.95. The molecule has 0 fully saturated rings. The number of amides is 1. The van der Waals surface area contributed by atoms with Crippen LogP contribution in [0.25, 0.3) is 23.2 Å². The Morgan fingerprint density at radius 1 is 0.956 bits per heavy atom. The molecule has 1 N–H and O–H groups in total. The van der Waals surface area contributed by atoms with Gasteiger partial charge in [0.05, 0.1) is 10.6 Å². The summed E-state index contributed by atoms with van der Waals surface area (Å²) in [6.07, 6.45) is 4.71. The molecule has 0 aliphatic heterocycles. The van der Waals surface area contributed by atoms with Gasteiger partial charge in [0.1, 0.15) is 0 Å². The van der Waals surface area contributed by atoms with Crippen LogP contribution in [0.4, 0.5) is 0 Å². The number of esters is 2. The van der Waals surface area contributed by atoms with Crippen molar-refractivity contribution in [3.05, 3.63) is 82.8 Å². The fourth-order valence-electron chi connectivity index (χ4n) is 3.93. The number of carbonyl (C=O) groups excluding carboxylic acids is 3. The molecule has 0 saturated heterocycles. The molecule has 0 saturated carbocycles. The van der Waals surface area contributed by atoms with E-state index in [2.05, 4.69) is 26.3 Å². The lowest BCUT2D eigenvalue weighted by atomic mass is 10.2. The van der Waals surface area contributed by atoms with Gasteiger partial charge in [0, 0.05) is 48.5 Å². The fraction of sp³-hybridized carbons (Fsp3) is 0.194. The zero-order chi connectivity index (χ0) is 32.6. The first kappa shape index (κ1) is 33.6. The van der Waals surface area contributed by atoms with Gasteiger partial charge in [0.15, 0.2) is 27.2 Å². The van der Waals surface area contributed by atoms with Gasteiger partial charge in [-0.2, -0.15) is 0 Å². The fourth-order valence-corrected chi connectivity index (χ4v) is 5.59. The molecule has 0 aliphatic rings. The van der Waals surface area contributed by atoms with Gasteiger partial charge in [-0.15, -0.1) is 5.10 Å². The Kier molecular flexibility index (Phi) is 11.3. The number of carbonyl (C=O) groups is 3. The highest BCUT2D eigenvalue weighted by molar-refractivity contribution is 9.10. The van der Waals surface area contributed by atoms with Crippen molar-refractivity contribution < 1.29 is 32.3 Å². The average Bonchev–Trinajstić information content (AvgIpc) is 3.40. The Morgan fingerprint density at radius 3 is 2.27 bits per heavy atom. The smallest absolute Gasteiger partial charge is 0.308 e. The van der Waals surface area contributed by atoms with Gasteiger partial charge in [-0.1, -0.05) is 33.8 Å². The second-order valence-corrected chi connectivity index (χ2v) is 13.6. The summed E-state index contributed by atoms with van der Waals surface area (Å²) < 4.78 is 36.6. The van der Waals surface area contributed by atoms with Crippen molar-refractivity contribution in [1.29, 1.82) is 0 Å². The standard InChI is InChI=1S/C31H29BrN4O7S2/c1-20(37)42-27-15-5-22(19-28(27)43-21(2)38)6-16-29(39)33-17-4-18-44-31-34-30(23-7-13-26(14-8-23)45(3,40)41)36(35-31)25-11-9-24(32)10-12-25/h5-16,19H,4,17-18H2,1-3H3,(H,33,39)/b16-6+. The van der Waals surface area contributed by atoms with Crippen LogP contribution in [0.3, 0.4) is 0 Å². The maximum atomic E-state index is 12.4. The van der Waals surface area contributed by atoms with Crippen LogP contribution in [-0.4, -0.2) is 59.6 Å². The largest absolute Gasteiger partial charge is 0.423 e. The third kappa shape index (κ3) is 9.86. The number of halogens is 1. The molecule has 234 valence electrons. The number of hydrogen-bond donors (Lipinski definition) is 1. The SMILES string of the molecule is CC(=O)Oc1ccc(/C=C/C(=O)NCCCSc2nc(-c3ccc(S(C)(=O)=O)cc3)n(-c3ccc(Br)cc3)n2)cc1OC(C)=O. The molecular weight excluding hydrogens is 684 g/mol. The minimum atomic E-state index is -3.33. The minimum Gasteiger partial charge on any atom is -0.423 e. The van der Waals surface area contributed by atoms with Gasteiger partial charge in [-0.05, 0) is 78.7 Å². The molecule has 4 rings (SSSR count). The average molecular weight is 714 g/mol. The predicted octanol–water partition coefficient (Wildman–Crippen LogP) is 5.26. The number of nitrogens with zero attached hydrogens (tertiary/aromatic N) is 3. The van der Waals surface area contributed by atoms with Crippen LogP contribution in [0.2, 0.25) is 0 Å². The molecule has 0 radical (unpaired) electrons. The molecule has 14 heteroatoms. The summed E-state index contributed by atoms with van der Waals surface area (Å²) in [6.45, 7) is 2.88. The van der Waals surface area contributed by atoms with Crippen LogP contribution in [0.5, 0.6) is 11.5 Å². The molecule has 1 aromatic heterocycles. The van der Waals surface area contributed by atoms with Crippen LogP contribution in [0.15, 0.2) is 87.3 Å². The van der Waals surface area contributed by atoms with Crippen LogP contribution >= 0.6 is 27.7 Å². The quantitative estimate of drug-likeness (QED) is 0.0678. The van der Waals surface area contributed by atoms with Gasteiger partial charge in [-0.25, -0.2) is 18.1 Å². The van der Waals surface area contributed by atoms with E-state index in [4.69, 9.17) is 14.5 Å². The topological polar surface area (TPSA) is 147 Å². The molecule has 0 spiro atoms. The van der Waals surface area contributed by atoms with E-state index in [0.717, 1.165) is 16.4 Å². The second-order valence-electron chi connectivity index (χ2n) is 9.62. The first-order valence-corrected chi connectivity index (χ1v) is 17.2. The van der Waals surface area contributed by atoms with Gasteiger partial charge < -0.3 is 14.8 Å². The highest BCUT2D eigenvalue weighted by Crippen LogP contribution is 2.30. The van der Waals surface area contributed by atoms with Gasteiger partial charge in [0.25, 0.3) is 0 Å². The Bertz CT molecular complexity index is 1840. The van der Waals surface area contributed by atoms with E-state index < -0.39 is 21.8 Å². The van der Waals surface area contributed by atoms with Crippen molar-refractivity contribution in [2.75, 3.05) is 18.6 Å². The predicted molar refractivity (Wildman–Crippen MR) is 174 cm³/mol. The summed E-state index contributed by atoms with van der Waals surface area (Å²) >= 11 is 4.88. The highest BCUT2D eigenvalue weighted by Gasteiger charge is 2.16. The van der Waals surface area contributed by atoms with E-state index in [1.807, 2.05) is 24.3 Å². The first-order valence-electron chi connectivity index (χ1n) is 13.5. The summed E-state index contributed by atoms with van der Waals surface area (Å²) in [4.78, 5) is 40.0. The number of benzene rings is 3. The zero-order valence-electron chi connectivity index (χ0n) is 24.5. The summed E-state index contributed by atoms with van der Waals surface area (Å²) in [5.74, 6) is -0.0712. The minimum absolute atomic E-state index is 0.0718. The molecule has 0 aliphatic carbocycles. The Labute approximate surface area is 273 Å². The van der Waals surface area contributed by atoms with E-state index >= 15 is 0 Å². The number of ether oxygens (including phenoxy) is 2. The van der Waals surface area contributed by atoms with Gasteiger partial charge in [-0.3, -0.25) is 14.4 Å². The van der Waals surface area contributed by atoms with Crippen LogP contribution in [0, 0.1) is 0 Å². The van der Waals surface area contributed by atoms with E-state index in [1.54, 1.807) is 41.1 Å². The van der Waals surface area contributed by atoms with Gasteiger partial charge >= 0.3 is 11.9 Å². The number of nitrogens with one attached hydrogen (secondary N) is 1. The third-order valence-corrected chi connectivity index (χ3v) is 8.53. The maximum Gasteiger partial charge on any atom is 0.308 e. The van der Waals surface area contributed by atoms with Crippen molar-refractivity contribution in [1.82, 2.24) is 20.1 Å². The number of hydrogen-bond acceptors (Lipinski definition) is 10. The summed E-state index contributed by atoms with van der Waals surface area (Å²) in [6, 6.07) is 18.7. The van der Waals surface area contributed by atoms with Crippen LogP contribution in [0.1, 0.15) is 25.8 Å². The normalized spacial score (nSPS) is 11.4. The molecule has 3 aromatic carbocycles. The van der Waals surface area contributed by atoms with Gasteiger partial charge in [0.2, 0.25) is 11.1 Å². The molecule has 1 heterocycles. The molecule has 1 amide bonds. The summed E-state index contributed by atoms with van der Waals surface area (Å²) in [5.41, 5.74) is 2.08. The van der Waals surface area contributed by atoms with Crippen molar-refractivity contribution >= 4 is 61.5 Å². The van der Waals surface area contributed by atoms with E-state index in [-0.39, 0.29) is 22.3 Å². The molecule has 0 atom stereocenters. The van der Waals surface area contributed by atoms with E-state index in [1.165, 1.54) is 43.8 Å². The highest BCUT2D eigenvalue weighted by atomic mass is 79.9.